The Kier molecular flexibility index (Phi) is 10.6. The zero-order valence-electron chi connectivity index (χ0n) is 22.3. The van der Waals surface area contributed by atoms with Crippen LogP contribution in [0, 0.1) is 63.2 Å². The Morgan fingerprint density at radius 1 is 0.605 bits per heavy atom. The molecular formula is C34H36N2O2. The van der Waals surface area contributed by atoms with Crippen LogP contribution < -0.4 is 10.6 Å². The third kappa shape index (κ3) is 7.82. The quantitative estimate of drug-likeness (QED) is 0.313. The fraction of sp³-hybridized carbons (Fsp3) is 0.235. The minimum Gasteiger partial charge on any atom is -0.326 e. The first-order valence-electron chi connectivity index (χ1n) is 13.5. The number of anilines is 2. The molecule has 2 aliphatic carbocycles. The van der Waals surface area contributed by atoms with Crippen molar-refractivity contribution in [3.8, 4) is 0 Å². The van der Waals surface area contributed by atoms with Crippen LogP contribution in [0.15, 0.2) is 54.1 Å². The molecule has 2 amide bonds. The number of nitrogens with one attached hydrogen (secondary N) is 2. The Bertz CT molecular complexity index is 1010. The fourth-order valence-electron chi connectivity index (χ4n) is 4.70. The van der Waals surface area contributed by atoms with Gasteiger partial charge in [0.15, 0.2) is 0 Å². The van der Waals surface area contributed by atoms with E-state index in [9.17, 15) is 9.59 Å². The predicted molar refractivity (Wildman–Crippen MR) is 156 cm³/mol. The first kappa shape index (κ1) is 28.1. The summed E-state index contributed by atoms with van der Waals surface area (Å²) < 4.78 is 0. The zero-order chi connectivity index (χ0) is 26.7. The molecule has 2 saturated carbocycles. The maximum atomic E-state index is 12.1. The first-order valence-corrected chi connectivity index (χ1v) is 13.5. The molecule has 2 aromatic rings. The highest BCUT2D eigenvalue weighted by molar-refractivity contribution is 5.93. The Morgan fingerprint density at radius 2 is 1.05 bits per heavy atom. The van der Waals surface area contributed by atoms with Crippen molar-refractivity contribution in [3.63, 3.8) is 0 Å². The zero-order valence-corrected chi connectivity index (χ0v) is 22.3. The summed E-state index contributed by atoms with van der Waals surface area (Å²) in [5, 5.41) is 5.98. The summed E-state index contributed by atoms with van der Waals surface area (Å²) in [5.74, 6) is 2.58. The van der Waals surface area contributed by atoms with Gasteiger partial charge in [-0.25, -0.2) is 0 Å². The van der Waals surface area contributed by atoms with E-state index in [1.165, 1.54) is 17.4 Å². The molecule has 2 N–H and O–H groups in total. The molecule has 4 nitrogen and oxygen atoms in total. The standard InChI is InChI=1S/C34H36N2O2/c1-3-9-32(37)35-29-20-16-27(17-21-29)34(28-18-22-30(23-19-28)36-33(38)10-4-2)31(26-13-7-8-14-26)24-15-25-11-5-6-12-25/h5-8,11-14,16-23H,3-4,9-10,15,24H2,1-2H3,(H,35,37)(H,36,38). The molecule has 10 radical (unpaired) electrons. The van der Waals surface area contributed by atoms with Gasteiger partial charge in [-0.05, 0) is 124 Å². The summed E-state index contributed by atoms with van der Waals surface area (Å²) in [4.78, 5) is 24.2. The van der Waals surface area contributed by atoms with Crippen molar-refractivity contribution < 1.29 is 9.59 Å². The average molecular weight is 505 g/mol. The minimum atomic E-state index is 0.0314. The second-order valence-corrected chi connectivity index (χ2v) is 9.57. The highest BCUT2D eigenvalue weighted by atomic mass is 16.2. The summed E-state index contributed by atoms with van der Waals surface area (Å²) in [6.45, 7) is 4.00. The predicted octanol–water partition coefficient (Wildman–Crippen LogP) is 7.56. The Balaban J connectivity index is 1.69. The van der Waals surface area contributed by atoms with Crippen molar-refractivity contribution in [1.82, 2.24) is 0 Å². The molecule has 0 unspecified atom stereocenters. The van der Waals surface area contributed by atoms with Crippen molar-refractivity contribution in [3.05, 3.63) is 128 Å². The monoisotopic (exact) mass is 504 g/mol. The van der Waals surface area contributed by atoms with E-state index in [-0.39, 0.29) is 11.8 Å². The molecule has 194 valence electrons. The summed E-state index contributed by atoms with van der Waals surface area (Å²) in [7, 11) is 0. The summed E-state index contributed by atoms with van der Waals surface area (Å²) >= 11 is 0. The lowest BCUT2D eigenvalue weighted by Gasteiger charge is -2.23. The molecule has 0 saturated heterocycles. The van der Waals surface area contributed by atoms with Gasteiger partial charge in [-0.2, -0.15) is 0 Å². The number of hydrogen-bond acceptors (Lipinski definition) is 2. The van der Waals surface area contributed by atoms with Crippen molar-refractivity contribution in [2.45, 2.75) is 52.4 Å². The van der Waals surface area contributed by atoms with E-state index >= 15 is 0 Å². The highest BCUT2D eigenvalue weighted by Gasteiger charge is 2.27. The van der Waals surface area contributed by atoms with Gasteiger partial charge < -0.3 is 10.6 Å². The number of carbonyl (C=O) groups excluding carboxylic acids is 2. The number of allylic oxidation sites excluding steroid dienone is 1. The van der Waals surface area contributed by atoms with Crippen molar-refractivity contribution in [2.24, 2.45) is 0 Å². The van der Waals surface area contributed by atoms with Crippen LogP contribution in [0.3, 0.4) is 0 Å². The molecule has 0 bridgehead atoms. The van der Waals surface area contributed by atoms with Gasteiger partial charge in [0.05, 0.1) is 0 Å². The van der Waals surface area contributed by atoms with Gasteiger partial charge in [-0.3, -0.25) is 9.59 Å². The lowest BCUT2D eigenvalue weighted by atomic mass is 9.82. The summed E-state index contributed by atoms with van der Waals surface area (Å²) in [6, 6.07) is 16.2. The molecule has 0 atom stereocenters. The van der Waals surface area contributed by atoms with Crippen LogP contribution in [0.2, 0.25) is 0 Å². The summed E-state index contributed by atoms with van der Waals surface area (Å²) in [6.07, 6.45) is 21.5. The molecule has 0 aliphatic heterocycles. The van der Waals surface area contributed by atoms with Crippen molar-refractivity contribution in [2.75, 3.05) is 10.6 Å². The van der Waals surface area contributed by atoms with Gasteiger partial charge in [0.1, 0.15) is 0 Å². The van der Waals surface area contributed by atoms with E-state index in [0.717, 1.165) is 53.8 Å². The molecule has 38 heavy (non-hydrogen) atoms. The third-order valence-electron chi connectivity index (χ3n) is 6.58. The maximum absolute atomic E-state index is 12.1. The van der Waals surface area contributed by atoms with Gasteiger partial charge in [0.25, 0.3) is 0 Å². The van der Waals surface area contributed by atoms with E-state index in [1.807, 2.05) is 38.1 Å². The molecule has 4 rings (SSSR count). The normalized spacial score (nSPS) is 15.9. The topological polar surface area (TPSA) is 58.2 Å². The highest BCUT2D eigenvalue weighted by Crippen LogP contribution is 2.42. The molecule has 2 aliphatic rings. The number of hydrogen-bond donors (Lipinski definition) is 2. The van der Waals surface area contributed by atoms with E-state index in [4.69, 9.17) is 0 Å². The van der Waals surface area contributed by atoms with Gasteiger partial charge in [-0.1, -0.05) is 43.7 Å². The molecule has 0 spiro atoms. The van der Waals surface area contributed by atoms with Crippen molar-refractivity contribution >= 4 is 28.8 Å². The maximum Gasteiger partial charge on any atom is 0.224 e. The SMILES string of the molecule is CCCC(=O)Nc1ccc(C(=C(CC[C]2[CH][CH][CH][CH]2)[C]2[CH][CH][CH][CH]2)c2ccc(NC(=O)CCC)cc2)cc1. The minimum absolute atomic E-state index is 0.0314. The number of benzene rings is 2. The Morgan fingerprint density at radius 3 is 1.50 bits per heavy atom. The van der Waals surface area contributed by atoms with Crippen LogP contribution >= 0.6 is 0 Å². The van der Waals surface area contributed by atoms with E-state index in [2.05, 4.69) is 86.3 Å². The van der Waals surface area contributed by atoms with Gasteiger partial charge in [0.2, 0.25) is 11.8 Å². The largest absolute Gasteiger partial charge is 0.326 e. The smallest absolute Gasteiger partial charge is 0.224 e. The number of amides is 2. The first-order chi connectivity index (χ1) is 18.6. The lowest BCUT2D eigenvalue weighted by Crippen LogP contribution is -2.11. The Hall–Kier alpha value is -2.88. The van der Waals surface area contributed by atoms with Crippen LogP contribution in [0.5, 0.6) is 0 Å². The van der Waals surface area contributed by atoms with Crippen LogP contribution in [0.1, 0.15) is 63.5 Å². The van der Waals surface area contributed by atoms with Gasteiger partial charge in [0, 0.05) is 30.1 Å². The molecule has 0 heterocycles. The number of carbonyl (C=O) groups is 2. The van der Waals surface area contributed by atoms with E-state index in [0.29, 0.717) is 12.8 Å². The third-order valence-corrected chi connectivity index (χ3v) is 6.58. The Labute approximate surface area is 229 Å². The van der Waals surface area contributed by atoms with Crippen LogP contribution in [0.25, 0.3) is 5.57 Å². The van der Waals surface area contributed by atoms with E-state index in [1.54, 1.807) is 0 Å². The number of rotatable bonds is 12. The molecule has 4 heteroatoms. The fourth-order valence-corrected chi connectivity index (χ4v) is 4.70. The van der Waals surface area contributed by atoms with Crippen LogP contribution in [-0.2, 0) is 9.59 Å². The average Bonchev–Trinajstić information content (AvgIpc) is 3.63. The van der Waals surface area contributed by atoms with Gasteiger partial charge in [-0.15, -0.1) is 0 Å². The second kappa shape index (κ2) is 14.3. The second-order valence-electron chi connectivity index (χ2n) is 9.57. The molecule has 2 fully saturated rings. The lowest BCUT2D eigenvalue weighted by molar-refractivity contribution is -0.117. The van der Waals surface area contributed by atoms with Crippen LogP contribution in [-0.4, -0.2) is 11.8 Å². The van der Waals surface area contributed by atoms with Crippen LogP contribution in [0.4, 0.5) is 11.4 Å². The molecule has 2 aromatic carbocycles. The molecule has 0 aromatic heterocycles. The molecular weight excluding hydrogens is 468 g/mol. The summed E-state index contributed by atoms with van der Waals surface area (Å²) in [5.41, 5.74) is 6.18. The van der Waals surface area contributed by atoms with Gasteiger partial charge >= 0.3 is 0 Å². The van der Waals surface area contributed by atoms with Crippen molar-refractivity contribution in [1.29, 1.82) is 0 Å². The van der Waals surface area contributed by atoms with E-state index < -0.39 is 0 Å².